The Bertz CT molecular complexity index is 127. The quantitative estimate of drug-likeness (QED) is 0.577. The normalized spacial score (nSPS) is 26.8. The molecule has 0 radical (unpaired) electrons. The number of nitrogens with zero attached hydrogens (tertiary/aromatic N) is 1. The predicted molar refractivity (Wildman–Crippen MR) is 45.4 cm³/mol. The van der Waals surface area contributed by atoms with Crippen molar-refractivity contribution in [3.8, 4) is 0 Å². The third-order valence-electron chi connectivity index (χ3n) is 1.87. The molecule has 3 nitrogen and oxygen atoms in total. The topological polar surface area (TPSA) is 38.5 Å². The summed E-state index contributed by atoms with van der Waals surface area (Å²) in [5.74, 6) is 0. The molecule has 0 aromatic rings. The van der Waals surface area contributed by atoms with Crippen LogP contribution in [0.25, 0.3) is 0 Å². The van der Waals surface area contributed by atoms with Crippen molar-refractivity contribution in [1.29, 1.82) is 0 Å². The highest BCUT2D eigenvalue weighted by Crippen LogP contribution is 2.02. The minimum atomic E-state index is 0.226. The number of nitrogens with two attached hydrogens (primary N) is 1. The zero-order valence-electron chi connectivity index (χ0n) is 6.83. The minimum Gasteiger partial charge on any atom is -0.374 e. The lowest BCUT2D eigenvalue weighted by molar-refractivity contribution is -0.0190. The molecule has 1 fully saturated rings. The Kier molecular flexibility index (Phi) is 3.56. The number of hydrogen-bond acceptors (Lipinski definition) is 3. The summed E-state index contributed by atoms with van der Waals surface area (Å²) in [5.41, 5.74) is 5.48. The highest BCUT2D eigenvalue weighted by molar-refractivity contribution is 4.78. The van der Waals surface area contributed by atoms with Crippen molar-refractivity contribution in [2.24, 2.45) is 5.73 Å². The van der Waals surface area contributed by atoms with Gasteiger partial charge in [0, 0.05) is 26.2 Å². The molecule has 0 aromatic carbocycles. The van der Waals surface area contributed by atoms with E-state index < -0.39 is 0 Å². The van der Waals surface area contributed by atoms with E-state index in [1.807, 2.05) is 6.08 Å². The van der Waals surface area contributed by atoms with Crippen molar-refractivity contribution in [2.45, 2.75) is 6.10 Å². The Labute approximate surface area is 67.8 Å². The van der Waals surface area contributed by atoms with Gasteiger partial charge in [-0.15, -0.1) is 6.58 Å². The Balaban J connectivity index is 2.27. The van der Waals surface area contributed by atoms with Gasteiger partial charge in [0.15, 0.2) is 0 Å². The first kappa shape index (κ1) is 8.71. The van der Waals surface area contributed by atoms with Crippen LogP contribution in [0, 0.1) is 0 Å². The van der Waals surface area contributed by atoms with Crippen LogP contribution in [0.15, 0.2) is 12.7 Å². The van der Waals surface area contributed by atoms with Crippen molar-refractivity contribution in [1.82, 2.24) is 4.90 Å². The summed E-state index contributed by atoms with van der Waals surface area (Å²) in [7, 11) is 0. The third-order valence-corrected chi connectivity index (χ3v) is 1.87. The monoisotopic (exact) mass is 156 g/mol. The lowest BCUT2D eigenvalue weighted by atomic mass is 10.3. The maximum absolute atomic E-state index is 5.48. The minimum absolute atomic E-state index is 0.226. The molecule has 0 bridgehead atoms. The molecule has 2 N–H and O–H groups in total. The van der Waals surface area contributed by atoms with E-state index in [4.69, 9.17) is 10.5 Å². The van der Waals surface area contributed by atoms with Crippen LogP contribution in [0.1, 0.15) is 0 Å². The summed E-state index contributed by atoms with van der Waals surface area (Å²) < 4.78 is 5.40. The summed E-state index contributed by atoms with van der Waals surface area (Å²) in [5, 5.41) is 0. The lowest BCUT2D eigenvalue weighted by Crippen LogP contribution is -2.45. The van der Waals surface area contributed by atoms with Gasteiger partial charge < -0.3 is 10.5 Å². The van der Waals surface area contributed by atoms with Crippen LogP contribution >= 0.6 is 0 Å². The molecular formula is C8H16N2O. The van der Waals surface area contributed by atoms with Crippen LogP contribution < -0.4 is 5.73 Å². The average Bonchev–Trinajstić information content (AvgIpc) is 2.06. The molecule has 64 valence electrons. The van der Waals surface area contributed by atoms with Gasteiger partial charge in [0.2, 0.25) is 0 Å². The Morgan fingerprint density at radius 1 is 1.73 bits per heavy atom. The SMILES string of the molecule is C=CCN1CCOC(CN)C1. The van der Waals surface area contributed by atoms with Crippen molar-refractivity contribution in [2.75, 3.05) is 32.8 Å². The summed E-state index contributed by atoms with van der Waals surface area (Å²) in [6.07, 6.45) is 2.14. The predicted octanol–water partition coefficient (Wildman–Crippen LogP) is -0.168. The van der Waals surface area contributed by atoms with Gasteiger partial charge in [0.1, 0.15) is 0 Å². The summed E-state index contributed by atoms with van der Waals surface area (Å²) in [6.45, 7) is 8.01. The molecule has 1 aliphatic heterocycles. The highest BCUT2D eigenvalue weighted by Gasteiger charge is 2.17. The Morgan fingerprint density at radius 2 is 2.55 bits per heavy atom. The van der Waals surface area contributed by atoms with E-state index in [0.29, 0.717) is 6.54 Å². The maximum Gasteiger partial charge on any atom is 0.0824 e. The fourth-order valence-electron chi connectivity index (χ4n) is 1.27. The van der Waals surface area contributed by atoms with Crippen molar-refractivity contribution < 1.29 is 4.74 Å². The molecule has 1 unspecified atom stereocenters. The number of ether oxygens (including phenoxy) is 1. The van der Waals surface area contributed by atoms with Crippen molar-refractivity contribution in [3.63, 3.8) is 0 Å². The first-order valence-corrected chi connectivity index (χ1v) is 4.01. The van der Waals surface area contributed by atoms with Gasteiger partial charge in [-0.1, -0.05) is 6.08 Å². The lowest BCUT2D eigenvalue weighted by Gasteiger charge is -2.31. The van der Waals surface area contributed by atoms with Crippen LogP contribution in [0.2, 0.25) is 0 Å². The van der Waals surface area contributed by atoms with Crippen LogP contribution in [0.4, 0.5) is 0 Å². The van der Waals surface area contributed by atoms with E-state index in [1.165, 1.54) is 0 Å². The third kappa shape index (κ3) is 2.61. The van der Waals surface area contributed by atoms with Crippen LogP contribution in [-0.2, 0) is 4.74 Å². The molecule has 3 heteroatoms. The first-order valence-electron chi connectivity index (χ1n) is 4.01. The Morgan fingerprint density at radius 3 is 3.18 bits per heavy atom. The molecule has 1 aliphatic rings. The molecular weight excluding hydrogens is 140 g/mol. The highest BCUT2D eigenvalue weighted by atomic mass is 16.5. The zero-order chi connectivity index (χ0) is 8.10. The van der Waals surface area contributed by atoms with Crippen LogP contribution in [-0.4, -0.2) is 43.8 Å². The van der Waals surface area contributed by atoms with Crippen molar-refractivity contribution >= 4 is 0 Å². The number of rotatable bonds is 3. The number of morpholine rings is 1. The molecule has 0 saturated carbocycles. The van der Waals surface area contributed by atoms with Gasteiger partial charge in [0.25, 0.3) is 0 Å². The van der Waals surface area contributed by atoms with Gasteiger partial charge in [-0.05, 0) is 0 Å². The van der Waals surface area contributed by atoms with Crippen LogP contribution in [0.3, 0.4) is 0 Å². The molecule has 11 heavy (non-hydrogen) atoms. The summed E-state index contributed by atoms with van der Waals surface area (Å²) in [4.78, 5) is 2.30. The van der Waals surface area contributed by atoms with Crippen LogP contribution in [0.5, 0.6) is 0 Å². The van der Waals surface area contributed by atoms with Gasteiger partial charge in [-0.25, -0.2) is 0 Å². The molecule has 1 heterocycles. The maximum atomic E-state index is 5.48. The van der Waals surface area contributed by atoms with Crippen molar-refractivity contribution in [3.05, 3.63) is 12.7 Å². The van der Waals surface area contributed by atoms with Gasteiger partial charge >= 0.3 is 0 Å². The summed E-state index contributed by atoms with van der Waals surface area (Å²) >= 11 is 0. The summed E-state index contributed by atoms with van der Waals surface area (Å²) in [6, 6.07) is 0. The standard InChI is InChI=1S/C8H16N2O/c1-2-3-10-4-5-11-8(6-9)7-10/h2,8H,1,3-7,9H2. The first-order chi connectivity index (χ1) is 5.36. The second kappa shape index (κ2) is 4.49. The Hall–Kier alpha value is -0.380. The molecule has 1 saturated heterocycles. The molecule has 1 atom stereocenters. The zero-order valence-corrected chi connectivity index (χ0v) is 6.83. The smallest absolute Gasteiger partial charge is 0.0824 e. The fraction of sp³-hybridized carbons (Fsp3) is 0.750. The average molecular weight is 156 g/mol. The van der Waals surface area contributed by atoms with E-state index in [1.54, 1.807) is 0 Å². The van der Waals surface area contributed by atoms with Gasteiger partial charge in [-0.3, -0.25) is 4.90 Å². The largest absolute Gasteiger partial charge is 0.374 e. The van der Waals surface area contributed by atoms with Gasteiger partial charge in [0.05, 0.1) is 12.7 Å². The molecule has 0 aromatic heterocycles. The molecule has 0 aliphatic carbocycles. The molecule has 0 spiro atoms. The fourth-order valence-corrected chi connectivity index (χ4v) is 1.27. The van der Waals surface area contributed by atoms with E-state index >= 15 is 0 Å². The second-order valence-corrected chi connectivity index (χ2v) is 2.78. The van der Waals surface area contributed by atoms with E-state index in [-0.39, 0.29) is 6.10 Å². The number of hydrogen-bond donors (Lipinski definition) is 1. The molecule has 0 amide bonds. The second-order valence-electron chi connectivity index (χ2n) is 2.78. The van der Waals surface area contributed by atoms with E-state index in [9.17, 15) is 0 Å². The van der Waals surface area contributed by atoms with E-state index in [2.05, 4.69) is 11.5 Å². The van der Waals surface area contributed by atoms with Gasteiger partial charge in [-0.2, -0.15) is 0 Å². The molecule has 1 rings (SSSR count). The van der Waals surface area contributed by atoms with E-state index in [0.717, 1.165) is 26.2 Å².